The molecule has 1 saturated heterocycles. The summed E-state index contributed by atoms with van der Waals surface area (Å²) in [5, 5.41) is 2.84. The fourth-order valence-electron chi connectivity index (χ4n) is 4.46. The highest BCUT2D eigenvalue weighted by Gasteiger charge is 2.43. The number of amides is 2. The maximum absolute atomic E-state index is 12.7. The van der Waals surface area contributed by atoms with Crippen molar-refractivity contribution in [2.24, 2.45) is 5.92 Å². The minimum atomic E-state index is -3.59. The maximum Gasteiger partial charge on any atom is 0.331 e. The van der Waals surface area contributed by atoms with Gasteiger partial charge in [0.1, 0.15) is 5.54 Å². The molecule has 1 aliphatic carbocycles. The number of hydrogen-bond donors (Lipinski definition) is 1. The van der Waals surface area contributed by atoms with E-state index >= 15 is 0 Å². The highest BCUT2D eigenvalue weighted by molar-refractivity contribution is 7.89. The number of ether oxygens (including phenoxy) is 1. The second kappa shape index (κ2) is 10.6. The molecule has 10 heteroatoms. The molecule has 3 rings (SSSR count). The van der Waals surface area contributed by atoms with Crippen LogP contribution in [0, 0.1) is 5.92 Å². The molecule has 0 bridgehead atoms. The molecule has 0 atom stereocenters. The van der Waals surface area contributed by atoms with E-state index in [9.17, 15) is 22.8 Å². The van der Waals surface area contributed by atoms with Crippen molar-refractivity contribution in [3.8, 4) is 0 Å². The average molecular weight is 480 g/mol. The first-order chi connectivity index (χ1) is 15.7. The summed E-state index contributed by atoms with van der Waals surface area (Å²) in [4.78, 5) is 39.4. The van der Waals surface area contributed by atoms with E-state index in [1.165, 1.54) is 11.4 Å². The van der Waals surface area contributed by atoms with Gasteiger partial charge in [-0.2, -0.15) is 4.31 Å². The monoisotopic (exact) mass is 479 g/mol. The summed E-state index contributed by atoms with van der Waals surface area (Å²) in [5.74, 6) is -0.504. The molecule has 182 valence electrons. The lowest BCUT2D eigenvalue weighted by Crippen LogP contribution is -2.57. The van der Waals surface area contributed by atoms with Crippen LogP contribution in [0.3, 0.4) is 0 Å². The van der Waals surface area contributed by atoms with Crippen molar-refractivity contribution >= 4 is 27.8 Å². The van der Waals surface area contributed by atoms with Crippen LogP contribution in [0.5, 0.6) is 0 Å². The first-order valence-corrected chi connectivity index (χ1v) is 12.8. The Balaban J connectivity index is 1.49. The van der Waals surface area contributed by atoms with Crippen molar-refractivity contribution in [2.75, 3.05) is 33.3 Å². The largest absolute Gasteiger partial charge is 0.467 e. The number of carbonyl (C=O) groups excluding carboxylic acids is 3. The fraction of sp³-hybridized carbons (Fsp3) is 0.609. The van der Waals surface area contributed by atoms with Crippen molar-refractivity contribution in [1.82, 2.24) is 14.5 Å². The summed E-state index contributed by atoms with van der Waals surface area (Å²) >= 11 is 0. The van der Waals surface area contributed by atoms with Gasteiger partial charge in [-0.3, -0.25) is 9.59 Å². The van der Waals surface area contributed by atoms with E-state index in [1.54, 1.807) is 35.2 Å². The molecule has 9 nitrogen and oxygen atoms in total. The SMILES string of the molecule is COC(=O)C1(NC(=O)CCC(=O)N2CCN(S(=O)(=O)c3ccccc3)CC2)CCC(C)CC1. The van der Waals surface area contributed by atoms with Crippen LogP contribution in [0.2, 0.25) is 0 Å². The zero-order chi connectivity index (χ0) is 24.1. The molecule has 0 aromatic heterocycles. The van der Waals surface area contributed by atoms with Crippen molar-refractivity contribution in [1.29, 1.82) is 0 Å². The average Bonchev–Trinajstić information content (AvgIpc) is 2.84. The lowest BCUT2D eigenvalue weighted by atomic mass is 9.77. The molecule has 2 fully saturated rings. The third-order valence-electron chi connectivity index (χ3n) is 6.62. The highest BCUT2D eigenvalue weighted by Crippen LogP contribution is 2.33. The molecule has 0 spiro atoms. The van der Waals surface area contributed by atoms with Gasteiger partial charge in [0.2, 0.25) is 21.8 Å². The van der Waals surface area contributed by atoms with Gasteiger partial charge < -0.3 is 15.0 Å². The molecule has 1 saturated carbocycles. The predicted molar refractivity (Wildman–Crippen MR) is 122 cm³/mol. The van der Waals surface area contributed by atoms with E-state index in [2.05, 4.69) is 12.2 Å². The Kier molecular flexibility index (Phi) is 8.12. The molecule has 1 aromatic rings. The minimum absolute atomic E-state index is 0.00488. The van der Waals surface area contributed by atoms with Gasteiger partial charge >= 0.3 is 5.97 Å². The molecule has 2 aliphatic rings. The van der Waals surface area contributed by atoms with Crippen LogP contribution in [0.15, 0.2) is 35.2 Å². The number of piperazine rings is 1. The number of rotatable bonds is 7. The molecule has 1 N–H and O–H groups in total. The lowest BCUT2D eigenvalue weighted by Gasteiger charge is -2.37. The third kappa shape index (κ3) is 5.92. The Morgan fingerprint density at radius 2 is 1.64 bits per heavy atom. The molecular weight excluding hydrogens is 446 g/mol. The Morgan fingerprint density at radius 1 is 1.03 bits per heavy atom. The van der Waals surface area contributed by atoms with Crippen LogP contribution in [-0.4, -0.2) is 74.2 Å². The van der Waals surface area contributed by atoms with E-state index in [0.29, 0.717) is 18.8 Å². The quantitative estimate of drug-likeness (QED) is 0.594. The molecule has 0 unspecified atom stereocenters. The van der Waals surface area contributed by atoms with E-state index < -0.39 is 21.5 Å². The van der Waals surface area contributed by atoms with E-state index in [4.69, 9.17) is 4.74 Å². The lowest BCUT2D eigenvalue weighted by molar-refractivity contribution is -0.153. The predicted octanol–water partition coefficient (Wildman–Crippen LogP) is 1.54. The van der Waals surface area contributed by atoms with Gasteiger partial charge in [0.15, 0.2) is 0 Å². The first-order valence-electron chi connectivity index (χ1n) is 11.4. The van der Waals surface area contributed by atoms with Crippen molar-refractivity contribution in [2.45, 2.75) is 55.9 Å². The second-order valence-electron chi connectivity index (χ2n) is 8.90. The standard InChI is InChI=1S/C23H33N3O6S/c1-18-10-12-23(13-11-18,22(29)32-2)24-20(27)8-9-21(28)25-14-16-26(17-15-25)33(30,31)19-6-4-3-5-7-19/h3-7,18H,8-17H2,1-2H3,(H,24,27). The summed E-state index contributed by atoms with van der Waals surface area (Å²) < 4.78 is 31.8. The second-order valence-corrected chi connectivity index (χ2v) is 10.8. The van der Waals surface area contributed by atoms with Gasteiger partial charge in [0.05, 0.1) is 12.0 Å². The first kappa shape index (κ1) is 25.2. The van der Waals surface area contributed by atoms with Crippen LogP contribution >= 0.6 is 0 Å². The topological polar surface area (TPSA) is 113 Å². The van der Waals surface area contributed by atoms with Gasteiger partial charge in [0, 0.05) is 39.0 Å². The van der Waals surface area contributed by atoms with Gasteiger partial charge in [-0.15, -0.1) is 0 Å². The molecule has 2 amide bonds. The van der Waals surface area contributed by atoms with Gasteiger partial charge in [-0.1, -0.05) is 25.1 Å². The van der Waals surface area contributed by atoms with Crippen LogP contribution in [0.4, 0.5) is 0 Å². The Morgan fingerprint density at radius 3 is 2.21 bits per heavy atom. The fourth-order valence-corrected chi connectivity index (χ4v) is 5.90. The van der Waals surface area contributed by atoms with Crippen molar-refractivity contribution in [3.63, 3.8) is 0 Å². The maximum atomic E-state index is 12.7. The van der Waals surface area contributed by atoms with Crippen molar-refractivity contribution in [3.05, 3.63) is 30.3 Å². The van der Waals surface area contributed by atoms with Gasteiger partial charge in [-0.05, 0) is 43.7 Å². The summed E-state index contributed by atoms with van der Waals surface area (Å²) in [6, 6.07) is 8.22. The van der Waals surface area contributed by atoms with E-state index in [-0.39, 0.29) is 55.7 Å². The zero-order valence-corrected chi connectivity index (χ0v) is 20.1. The van der Waals surface area contributed by atoms with Gasteiger partial charge in [-0.25, -0.2) is 13.2 Å². The van der Waals surface area contributed by atoms with Crippen LogP contribution in [0.1, 0.15) is 45.4 Å². The number of hydrogen-bond acceptors (Lipinski definition) is 6. The minimum Gasteiger partial charge on any atom is -0.467 e. The number of esters is 1. The zero-order valence-electron chi connectivity index (χ0n) is 19.3. The van der Waals surface area contributed by atoms with E-state index in [0.717, 1.165) is 12.8 Å². The third-order valence-corrected chi connectivity index (χ3v) is 8.53. The van der Waals surface area contributed by atoms with Crippen LogP contribution < -0.4 is 5.32 Å². The van der Waals surface area contributed by atoms with Crippen LogP contribution in [-0.2, 0) is 29.1 Å². The van der Waals surface area contributed by atoms with Gasteiger partial charge in [0.25, 0.3) is 0 Å². The number of nitrogens with one attached hydrogen (secondary N) is 1. The molecule has 1 heterocycles. The highest BCUT2D eigenvalue weighted by atomic mass is 32.2. The Labute approximate surface area is 195 Å². The Bertz CT molecular complexity index is 950. The van der Waals surface area contributed by atoms with E-state index in [1.807, 2.05) is 0 Å². The van der Waals surface area contributed by atoms with Crippen LogP contribution in [0.25, 0.3) is 0 Å². The summed E-state index contributed by atoms with van der Waals surface area (Å²) in [6.45, 7) is 3.08. The molecule has 33 heavy (non-hydrogen) atoms. The normalized spacial score (nSPS) is 24.2. The molecular formula is C23H33N3O6S. The Hall–Kier alpha value is -2.46. The van der Waals surface area contributed by atoms with Crippen molar-refractivity contribution < 1.29 is 27.5 Å². The summed E-state index contributed by atoms with van der Waals surface area (Å²) in [5.41, 5.74) is -1.02. The number of methoxy groups -OCH3 is 1. The summed E-state index contributed by atoms with van der Waals surface area (Å²) in [7, 11) is -2.27. The molecule has 1 aliphatic heterocycles. The number of sulfonamides is 1. The number of benzene rings is 1. The summed E-state index contributed by atoms with van der Waals surface area (Å²) in [6.07, 6.45) is 2.67. The molecule has 1 aromatic carbocycles. The smallest absolute Gasteiger partial charge is 0.331 e. The number of nitrogens with zero attached hydrogens (tertiary/aromatic N) is 2. The number of carbonyl (C=O) groups is 3. The molecule has 0 radical (unpaired) electrons.